The van der Waals surface area contributed by atoms with Crippen molar-refractivity contribution < 1.29 is 14.3 Å². The van der Waals surface area contributed by atoms with Gasteiger partial charge in [-0.05, 0) is 61.5 Å². The quantitative estimate of drug-likeness (QED) is 0.170. The highest BCUT2D eigenvalue weighted by molar-refractivity contribution is 9.10. The van der Waals surface area contributed by atoms with E-state index in [1.165, 1.54) is 18.2 Å². The monoisotopic (exact) mass is 528 g/mol. The van der Waals surface area contributed by atoms with Gasteiger partial charge in [-0.2, -0.15) is 5.26 Å². The largest absolute Gasteiger partial charge is 0.422 e. The van der Waals surface area contributed by atoms with Crippen LogP contribution in [0.2, 0.25) is 10.0 Å². The first-order valence-electron chi connectivity index (χ1n) is 9.23. The van der Waals surface area contributed by atoms with Gasteiger partial charge in [-0.25, -0.2) is 4.79 Å². The molecular formula is C24H15BrCl2N2O3. The van der Waals surface area contributed by atoms with Gasteiger partial charge in [0, 0.05) is 15.1 Å². The molecule has 0 atom stereocenters. The first-order chi connectivity index (χ1) is 15.3. The van der Waals surface area contributed by atoms with E-state index in [0.717, 1.165) is 5.56 Å². The number of carbonyl (C=O) groups is 2. The van der Waals surface area contributed by atoms with Gasteiger partial charge in [-0.15, -0.1) is 0 Å². The number of hydrogen-bond acceptors (Lipinski definition) is 4. The van der Waals surface area contributed by atoms with Crippen LogP contribution in [0.3, 0.4) is 0 Å². The van der Waals surface area contributed by atoms with E-state index in [1.54, 1.807) is 48.5 Å². The van der Waals surface area contributed by atoms with E-state index >= 15 is 0 Å². The van der Waals surface area contributed by atoms with Crippen LogP contribution in [0, 0.1) is 18.3 Å². The number of ether oxygens (including phenoxy) is 1. The summed E-state index contributed by atoms with van der Waals surface area (Å²) < 4.78 is 6.20. The van der Waals surface area contributed by atoms with E-state index in [1.807, 2.05) is 13.0 Å². The number of hydrogen-bond donors (Lipinski definition) is 1. The van der Waals surface area contributed by atoms with Gasteiger partial charge in [-0.1, -0.05) is 56.8 Å². The van der Waals surface area contributed by atoms with Crippen LogP contribution in [0.15, 0.2) is 70.7 Å². The Balaban J connectivity index is 1.90. The van der Waals surface area contributed by atoms with E-state index in [-0.39, 0.29) is 22.0 Å². The molecule has 3 aromatic rings. The molecule has 5 nitrogen and oxygen atoms in total. The third kappa shape index (κ3) is 5.98. The predicted octanol–water partition coefficient (Wildman–Crippen LogP) is 6.83. The second-order valence-corrected chi connectivity index (χ2v) is 8.45. The van der Waals surface area contributed by atoms with Gasteiger partial charge in [-0.3, -0.25) is 4.79 Å². The van der Waals surface area contributed by atoms with Crippen LogP contribution in [-0.2, 0) is 4.79 Å². The highest BCUT2D eigenvalue weighted by atomic mass is 79.9. The highest BCUT2D eigenvalue weighted by Gasteiger charge is 2.16. The summed E-state index contributed by atoms with van der Waals surface area (Å²) in [6, 6.07) is 18.3. The molecule has 160 valence electrons. The van der Waals surface area contributed by atoms with Crippen LogP contribution >= 0.6 is 39.1 Å². The molecule has 0 unspecified atom stereocenters. The topological polar surface area (TPSA) is 79.2 Å². The van der Waals surface area contributed by atoms with Gasteiger partial charge >= 0.3 is 5.97 Å². The Kier molecular flexibility index (Phi) is 7.70. The van der Waals surface area contributed by atoms with Gasteiger partial charge in [0.05, 0.1) is 16.3 Å². The van der Waals surface area contributed by atoms with Crippen LogP contribution in [0.25, 0.3) is 6.08 Å². The number of anilines is 1. The van der Waals surface area contributed by atoms with E-state index in [4.69, 9.17) is 27.9 Å². The molecule has 0 aliphatic heterocycles. The third-order valence-electron chi connectivity index (χ3n) is 4.30. The Morgan fingerprint density at radius 2 is 1.78 bits per heavy atom. The number of nitrogens with zero attached hydrogens (tertiary/aromatic N) is 1. The number of esters is 1. The number of carbonyl (C=O) groups excluding carboxylic acids is 2. The van der Waals surface area contributed by atoms with Gasteiger partial charge in [0.25, 0.3) is 5.91 Å². The second kappa shape index (κ2) is 10.5. The summed E-state index contributed by atoms with van der Waals surface area (Å²) in [7, 11) is 0. The van der Waals surface area contributed by atoms with Crippen molar-refractivity contribution in [3.63, 3.8) is 0 Å². The molecule has 0 bridgehead atoms. The van der Waals surface area contributed by atoms with Crippen molar-refractivity contribution in [3.05, 3.63) is 97.4 Å². The number of nitrogens with one attached hydrogen (secondary N) is 1. The molecule has 0 radical (unpaired) electrons. The van der Waals surface area contributed by atoms with Crippen molar-refractivity contribution >= 4 is 62.8 Å². The van der Waals surface area contributed by atoms with Crippen molar-refractivity contribution in [1.29, 1.82) is 5.26 Å². The average Bonchev–Trinajstić information content (AvgIpc) is 2.76. The molecule has 3 rings (SSSR count). The fourth-order valence-electron chi connectivity index (χ4n) is 2.66. The predicted molar refractivity (Wildman–Crippen MR) is 129 cm³/mol. The lowest BCUT2D eigenvalue weighted by Crippen LogP contribution is -2.14. The Morgan fingerprint density at radius 3 is 2.47 bits per heavy atom. The maximum absolute atomic E-state index is 12.7. The normalized spacial score (nSPS) is 10.9. The van der Waals surface area contributed by atoms with Crippen molar-refractivity contribution in [1.82, 2.24) is 0 Å². The number of aryl methyl sites for hydroxylation is 1. The number of amides is 1. The minimum absolute atomic E-state index is 0.195. The maximum Gasteiger partial charge on any atom is 0.343 e. The molecule has 0 fully saturated rings. The standard InChI is InChI=1S/C24H15BrCl2N2O3/c1-14-2-4-15(5-3-14)24(31)32-22-9-6-18(25)11-16(22)10-17(13-28)23(30)29-21-12-19(26)7-8-20(21)27/h2-12H,1H3,(H,29,30)/b17-10+. The lowest BCUT2D eigenvalue weighted by molar-refractivity contribution is -0.112. The van der Waals surface area contributed by atoms with Gasteiger partial charge < -0.3 is 10.1 Å². The summed E-state index contributed by atoms with van der Waals surface area (Å²) in [5, 5.41) is 12.8. The first-order valence-corrected chi connectivity index (χ1v) is 10.8. The molecule has 3 aromatic carbocycles. The fraction of sp³-hybridized carbons (Fsp3) is 0.0417. The van der Waals surface area contributed by atoms with E-state index in [0.29, 0.717) is 20.6 Å². The Hall–Kier alpha value is -3.11. The first kappa shape index (κ1) is 23.6. The molecule has 0 aromatic heterocycles. The van der Waals surface area contributed by atoms with Gasteiger partial charge in [0.15, 0.2) is 0 Å². The summed E-state index contributed by atoms with van der Waals surface area (Å²) in [6.07, 6.45) is 1.33. The molecule has 0 saturated carbocycles. The molecule has 0 saturated heterocycles. The fourth-order valence-corrected chi connectivity index (χ4v) is 3.38. The molecule has 32 heavy (non-hydrogen) atoms. The lowest BCUT2D eigenvalue weighted by atomic mass is 10.1. The molecule has 8 heteroatoms. The van der Waals surface area contributed by atoms with Gasteiger partial charge in [0.2, 0.25) is 0 Å². The molecule has 1 amide bonds. The van der Waals surface area contributed by atoms with Crippen LogP contribution in [0.5, 0.6) is 5.75 Å². The van der Waals surface area contributed by atoms with Gasteiger partial charge in [0.1, 0.15) is 17.4 Å². The number of rotatable bonds is 5. The van der Waals surface area contributed by atoms with Crippen molar-refractivity contribution in [2.24, 2.45) is 0 Å². The molecular weight excluding hydrogens is 515 g/mol. The SMILES string of the molecule is Cc1ccc(C(=O)Oc2ccc(Br)cc2/C=C(\C#N)C(=O)Nc2cc(Cl)ccc2Cl)cc1. The lowest BCUT2D eigenvalue weighted by Gasteiger charge is -2.10. The minimum atomic E-state index is -0.688. The molecule has 0 aliphatic carbocycles. The minimum Gasteiger partial charge on any atom is -0.422 e. The molecule has 1 N–H and O–H groups in total. The Bertz CT molecular complexity index is 1270. The van der Waals surface area contributed by atoms with E-state index in [9.17, 15) is 14.9 Å². The maximum atomic E-state index is 12.7. The van der Waals surface area contributed by atoms with Crippen molar-refractivity contribution in [3.8, 4) is 11.8 Å². The van der Waals surface area contributed by atoms with Crippen LogP contribution < -0.4 is 10.1 Å². The zero-order valence-corrected chi connectivity index (χ0v) is 19.8. The summed E-state index contributed by atoms with van der Waals surface area (Å²) in [5.41, 5.74) is 1.81. The van der Waals surface area contributed by atoms with E-state index in [2.05, 4.69) is 21.2 Å². The summed E-state index contributed by atoms with van der Waals surface area (Å²) >= 11 is 15.4. The Morgan fingerprint density at radius 1 is 1.06 bits per heavy atom. The zero-order valence-electron chi connectivity index (χ0n) is 16.7. The summed E-state index contributed by atoms with van der Waals surface area (Å²) in [5.74, 6) is -1.05. The zero-order chi connectivity index (χ0) is 23.3. The van der Waals surface area contributed by atoms with Crippen molar-refractivity contribution in [2.75, 3.05) is 5.32 Å². The van der Waals surface area contributed by atoms with Crippen LogP contribution in [0.4, 0.5) is 5.69 Å². The van der Waals surface area contributed by atoms with Crippen LogP contribution in [0.1, 0.15) is 21.5 Å². The number of halogens is 3. The molecule has 0 heterocycles. The summed E-state index contributed by atoms with van der Waals surface area (Å²) in [6.45, 7) is 1.91. The van der Waals surface area contributed by atoms with Crippen LogP contribution in [-0.4, -0.2) is 11.9 Å². The Labute approximate surface area is 203 Å². The summed E-state index contributed by atoms with van der Waals surface area (Å²) in [4.78, 5) is 25.2. The van der Waals surface area contributed by atoms with Crippen molar-refractivity contribution in [2.45, 2.75) is 6.92 Å². The smallest absolute Gasteiger partial charge is 0.343 e. The number of nitriles is 1. The highest BCUT2D eigenvalue weighted by Crippen LogP contribution is 2.28. The third-order valence-corrected chi connectivity index (χ3v) is 5.36. The second-order valence-electron chi connectivity index (χ2n) is 6.69. The molecule has 0 aliphatic rings. The average molecular weight is 530 g/mol. The van der Waals surface area contributed by atoms with E-state index < -0.39 is 11.9 Å². The molecule has 0 spiro atoms. The number of benzene rings is 3.